The van der Waals surface area contributed by atoms with Gasteiger partial charge in [-0.05, 0) is 42.0 Å². The van der Waals surface area contributed by atoms with Crippen LogP contribution in [0.25, 0.3) is 0 Å². The van der Waals surface area contributed by atoms with E-state index in [-0.39, 0.29) is 11.8 Å². The third-order valence-corrected chi connectivity index (χ3v) is 4.35. The zero-order valence-corrected chi connectivity index (χ0v) is 15.7. The van der Waals surface area contributed by atoms with E-state index in [1.165, 1.54) is 6.92 Å². The first-order valence-electron chi connectivity index (χ1n) is 8.93. The van der Waals surface area contributed by atoms with Crippen LogP contribution < -0.4 is 10.9 Å². The average Bonchev–Trinajstić information content (AvgIpc) is 2.74. The summed E-state index contributed by atoms with van der Waals surface area (Å²) in [6.07, 6.45) is 1.71. The van der Waals surface area contributed by atoms with Gasteiger partial charge in [-0.3, -0.25) is 14.6 Å². The number of anilines is 1. The number of carbonyl (C=O) groups is 2. The maximum absolute atomic E-state index is 12.6. The SMILES string of the molecule is CC(=O)N(Cc1ccc(C(=O)N(N)c2ccccc2)cc1)Cc1ccccn1. The first-order chi connectivity index (χ1) is 13.5. The van der Waals surface area contributed by atoms with Gasteiger partial charge in [0.25, 0.3) is 5.91 Å². The molecule has 2 amide bonds. The van der Waals surface area contributed by atoms with Crippen molar-refractivity contribution in [3.8, 4) is 0 Å². The lowest BCUT2D eigenvalue weighted by molar-refractivity contribution is -0.130. The number of hydrogen-bond acceptors (Lipinski definition) is 4. The predicted molar refractivity (Wildman–Crippen MR) is 108 cm³/mol. The number of nitrogens with two attached hydrogens (primary N) is 1. The van der Waals surface area contributed by atoms with Gasteiger partial charge in [-0.1, -0.05) is 36.4 Å². The highest BCUT2D eigenvalue weighted by atomic mass is 16.2. The summed E-state index contributed by atoms with van der Waals surface area (Å²) in [5.74, 6) is 5.60. The Morgan fingerprint density at radius 2 is 1.57 bits per heavy atom. The minimum atomic E-state index is -0.297. The minimum absolute atomic E-state index is 0.0389. The van der Waals surface area contributed by atoms with Crippen molar-refractivity contribution in [3.05, 3.63) is 95.8 Å². The van der Waals surface area contributed by atoms with Gasteiger partial charge in [-0.25, -0.2) is 10.9 Å². The van der Waals surface area contributed by atoms with Crippen molar-refractivity contribution < 1.29 is 9.59 Å². The smallest absolute Gasteiger partial charge is 0.272 e. The van der Waals surface area contributed by atoms with Crippen molar-refractivity contribution in [2.45, 2.75) is 20.0 Å². The summed E-state index contributed by atoms with van der Waals surface area (Å²) < 4.78 is 0. The van der Waals surface area contributed by atoms with Gasteiger partial charge in [0.05, 0.1) is 17.9 Å². The van der Waals surface area contributed by atoms with E-state index in [1.54, 1.807) is 35.4 Å². The number of hydrogen-bond donors (Lipinski definition) is 1. The Morgan fingerprint density at radius 1 is 0.893 bits per heavy atom. The molecule has 0 bridgehead atoms. The minimum Gasteiger partial charge on any atom is -0.333 e. The van der Waals surface area contributed by atoms with Gasteiger partial charge in [-0.2, -0.15) is 0 Å². The molecule has 0 fully saturated rings. The third kappa shape index (κ3) is 4.81. The van der Waals surface area contributed by atoms with Gasteiger partial charge in [0.2, 0.25) is 5.91 Å². The van der Waals surface area contributed by atoms with Gasteiger partial charge in [-0.15, -0.1) is 0 Å². The summed E-state index contributed by atoms with van der Waals surface area (Å²) >= 11 is 0. The third-order valence-electron chi connectivity index (χ3n) is 4.35. The number of pyridine rings is 1. The molecule has 0 spiro atoms. The molecular weight excluding hydrogens is 352 g/mol. The first kappa shape index (κ1) is 19.3. The van der Waals surface area contributed by atoms with Crippen LogP contribution in [0.15, 0.2) is 79.0 Å². The van der Waals surface area contributed by atoms with Crippen LogP contribution in [-0.2, 0) is 17.9 Å². The molecule has 0 saturated heterocycles. The maximum Gasteiger partial charge on any atom is 0.272 e. The molecule has 0 aliphatic rings. The quantitative estimate of drug-likeness (QED) is 0.408. The summed E-state index contributed by atoms with van der Waals surface area (Å²) in [7, 11) is 0. The first-order valence-corrected chi connectivity index (χ1v) is 8.93. The fraction of sp³-hybridized carbons (Fsp3) is 0.136. The number of carbonyl (C=O) groups excluding carboxylic acids is 2. The molecule has 3 rings (SSSR count). The van der Waals surface area contributed by atoms with Crippen LogP contribution in [-0.4, -0.2) is 21.7 Å². The highest BCUT2D eigenvalue weighted by molar-refractivity contribution is 6.05. The molecule has 0 aliphatic carbocycles. The molecule has 2 N–H and O–H groups in total. The lowest BCUT2D eigenvalue weighted by Crippen LogP contribution is -2.37. The Bertz CT molecular complexity index is 928. The molecule has 0 radical (unpaired) electrons. The van der Waals surface area contributed by atoms with Crippen LogP contribution >= 0.6 is 0 Å². The lowest BCUT2D eigenvalue weighted by Gasteiger charge is -2.21. The lowest BCUT2D eigenvalue weighted by atomic mass is 10.1. The van der Waals surface area contributed by atoms with Crippen LogP contribution in [0.4, 0.5) is 5.69 Å². The Labute approximate surface area is 164 Å². The number of rotatable bonds is 6. The fourth-order valence-electron chi connectivity index (χ4n) is 2.78. The Hall–Kier alpha value is -3.51. The average molecular weight is 374 g/mol. The number of para-hydroxylation sites is 1. The van der Waals surface area contributed by atoms with Gasteiger partial charge < -0.3 is 4.90 Å². The molecule has 2 aromatic carbocycles. The van der Waals surface area contributed by atoms with E-state index < -0.39 is 0 Å². The van der Waals surface area contributed by atoms with Crippen LogP contribution in [0.3, 0.4) is 0 Å². The summed E-state index contributed by atoms with van der Waals surface area (Å²) in [4.78, 5) is 30.5. The Kier molecular flexibility index (Phi) is 6.14. The topological polar surface area (TPSA) is 79.5 Å². The Morgan fingerprint density at radius 3 is 2.18 bits per heavy atom. The van der Waals surface area contributed by atoms with Crippen molar-refractivity contribution in [1.29, 1.82) is 0 Å². The van der Waals surface area contributed by atoms with Crippen molar-refractivity contribution in [2.24, 2.45) is 5.84 Å². The summed E-state index contributed by atoms with van der Waals surface area (Å²) in [6.45, 7) is 2.40. The second-order valence-corrected chi connectivity index (χ2v) is 6.40. The molecule has 1 heterocycles. The van der Waals surface area contributed by atoms with E-state index in [1.807, 2.05) is 48.5 Å². The maximum atomic E-state index is 12.6. The van der Waals surface area contributed by atoms with Gasteiger partial charge >= 0.3 is 0 Å². The second-order valence-electron chi connectivity index (χ2n) is 6.40. The second kappa shape index (κ2) is 8.92. The normalized spacial score (nSPS) is 10.4. The largest absolute Gasteiger partial charge is 0.333 e. The van der Waals surface area contributed by atoms with E-state index in [0.717, 1.165) is 16.3 Å². The molecule has 0 saturated carbocycles. The number of hydrazine groups is 1. The number of benzene rings is 2. The fourth-order valence-corrected chi connectivity index (χ4v) is 2.78. The zero-order chi connectivity index (χ0) is 19.9. The van der Waals surface area contributed by atoms with Crippen LogP contribution in [0.5, 0.6) is 0 Å². The van der Waals surface area contributed by atoms with E-state index in [2.05, 4.69) is 4.98 Å². The van der Waals surface area contributed by atoms with E-state index in [9.17, 15) is 9.59 Å². The van der Waals surface area contributed by atoms with Crippen LogP contribution in [0.2, 0.25) is 0 Å². The van der Waals surface area contributed by atoms with Gasteiger partial charge in [0.1, 0.15) is 0 Å². The molecule has 1 aromatic heterocycles. The number of nitrogens with zero attached hydrogens (tertiary/aromatic N) is 3. The molecule has 142 valence electrons. The van der Waals surface area contributed by atoms with E-state index >= 15 is 0 Å². The standard InChI is InChI=1S/C22H22N4O2/c1-17(27)25(16-20-7-5-6-14-24-20)15-18-10-12-19(13-11-18)22(28)26(23)21-8-3-2-4-9-21/h2-14H,15-16,23H2,1H3. The molecular formula is C22H22N4O2. The van der Waals surface area contributed by atoms with Crippen molar-refractivity contribution in [1.82, 2.24) is 9.88 Å². The zero-order valence-electron chi connectivity index (χ0n) is 15.7. The molecule has 6 heteroatoms. The van der Waals surface area contributed by atoms with Gasteiger partial charge in [0.15, 0.2) is 0 Å². The molecule has 6 nitrogen and oxygen atoms in total. The van der Waals surface area contributed by atoms with Crippen LogP contribution in [0.1, 0.15) is 28.5 Å². The van der Waals surface area contributed by atoms with Crippen molar-refractivity contribution in [2.75, 3.05) is 5.01 Å². The van der Waals surface area contributed by atoms with E-state index in [4.69, 9.17) is 5.84 Å². The predicted octanol–water partition coefficient (Wildman–Crippen LogP) is 3.15. The van der Waals surface area contributed by atoms with Crippen LogP contribution in [0, 0.1) is 0 Å². The van der Waals surface area contributed by atoms with E-state index in [0.29, 0.717) is 24.3 Å². The van der Waals surface area contributed by atoms with Crippen molar-refractivity contribution in [3.63, 3.8) is 0 Å². The van der Waals surface area contributed by atoms with Gasteiger partial charge in [0, 0.05) is 25.2 Å². The molecule has 0 atom stereocenters. The summed E-state index contributed by atoms with van der Waals surface area (Å²) in [6, 6.07) is 21.8. The monoisotopic (exact) mass is 374 g/mol. The highest BCUT2D eigenvalue weighted by Crippen LogP contribution is 2.15. The van der Waals surface area contributed by atoms with Crippen molar-refractivity contribution >= 4 is 17.5 Å². The molecule has 0 aliphatic heterocycles. The number of aromatic nitrogens is 1. The Balaban J connectivity index is 1.69. The number of amides is 2. The molecule has 0 unspecified atom stereocenters. The summed E-state index contributed by atoms with van der Waals surface area (Å²) in [5.41, 5.74) is 2.85. The highest BCUT2D eigenvalue weighted by Gasteiger charge is 2.15. The summed E-state index contributed by atoms with van der Waals surface area (Å²) in [5, 5.41) is 1.12. The molecule has 3 aromatic rings. The molecule has 28 heavy (non-hydrogen) atoms.